The van der Waals surface area contributed by atoms with Gasteiger partial charge in [0, 0.05) is 12.3 Å². The van der Waals surface area contributed by atoms with E-state index in [1.165, 1.54) is 18.1 Å². The summed E-state index contributed by atoms with van der Waals surface area (Å²) in [5.74, 6) is 0.702. The fourth-order valence-electron chi connectivity index (χ4n) is 11.1. The molecule has 0 aromatic rings. The summed E-state index contributed by atoms with van der Waals surface area (Å²) in [4.78, 5) is 25.0. The van der Waals surface area contributed by atoms with Crippen molar-refractivity contribution in [1.82, 2.24) is 0 Å². The predicted octanol–water partition coefficient (Wildman–Crippen LogP) is 8.49. The maximum absolute atomic E-state index is 12.9. The second-order valence-electron chi connectivity index (χ2n) is 15.9. The molecule has 0 bridgehead atoms. The molecule has 4 heteroatoms. The van der Waals surface area contributed by atoms with Gasteiger partial charge in [0.15, 0.2) is 0 Å². The highest BCUT2D eigenvalue weighted by Gasteiger charge is 2.69. The van der Waals surface area contributed by atoms with Gasteiger partial charge in [-0.05, 0) is 103 Å². The van der Waals surface area contributed by atoms with Gasteiger partial charge in [0.05, 0.1) is 5.41 Å². The third-order valence-electron chi connectivity index (χ3n) is 13.0. The zero-order valence-corrected chi connectivity index (χ0v) is 25.3. The number of aliphatic carboxylic acids is 1. The molecule has 0 spiro atoms. The number of hydrogen-bond acceptors (Lipinski definition) is 3. The van der Waals surface area contributed by atoms with Crippen LogP contribution >= 0.6 is 0 Å². The molecule has 3 fully saturated rings. The fourth-order valence-corrected chi connectivity index (χ4v) is 11.1. The first-order chi connectivity index (χ1) is 17.4. The second kappa shape index (κ2) is 8.10. The lowest BCUT2D eigenvalue weighted by Crippen LogP contribution is -2.64. The van der Waals surface area contributed by atoms with Crippen LogP contribution in [0, 0.1) is 50.2 Å². The van der Waals surface area contributed by atoms with E-state index in [9.17, 15) is 14.7 Å². The predicted molar refractivity (Wildman–Crippen MR) is 151 cm³/mol. The lowest BCUT2D eigenvalue weighted by molar-refractivity contribution is -0.182. The van der Waals surface area contributed by atoms with Crippen molar-refractivity contribution in [3.8, 4) is 0 Å². The van der Waals surface area contributed by atoms with Gasteiger partial charge in [-0.15, -0.1) is 0 Å². The van der Waals surface area contributed by atoms with E-state index in [-0.39, 0.29) is 44.9 Å². The van der Waals surface area contributed by atoms with Crippen molar-refractivity contribution in [1.29, 1.82) is 0 Å². The average molecular weight is 523 g/mol. The van der Waals surface area contributed by atoms with Gasteiger partial charge >= 0.3 is 11.9 Å². The summed E-state index contributed by atoms with van der Waals surface area (Å²) in [5, 5.41) is 10.6. The highest BCUT2D eigenvalue weighted by Crippen LogP contribution is 2.76. The number of esters is 1. The second-order valence-corrected chi connectivity index (χ2v) is 15.9. The van der Waals surface area contributed by atoms with Crippen LogP contribution in [0.5, 0.6) is 0 Å². The lowest BCUT2D eigenvalue weighted by atomic mass is 9.33. The molecule has 4 nitrogen and oxygen atoms in total. The van der Waals surface area contributed by atoms with Crippen molar-refractivity contribution >= 4 is 11.9 Å². The van der Waals surface area contributed by atoms with E-state index >= 15 is 0 Å². The number of ether oxygens (including phenoxy) is 1. The molecule has 3 saturated carbocycles. The molecule has 1 N–H and O–H groups in total. The first kappa shape index (κ1) is 27.7. The van der Waals surface area contributed by atoms with Gasteiger partial charge in [0.2, 0.25) is 0 Å². The van der Waals surface area contributed by atoms with Crippen molar-refractivity contribution in [2.45, 2.75) is 114 Å². The topological polar surface area (TPSA) is 63.6 Å². The first-order valence-corrected chi connectivity index (χ1v) is 14.9. The quantitative estimate of drug-likeness (QED) is 0.369. The monoisotopic (exact) mass is 522 g/mol. The number of carboxylic acid groups (broad SMARTS) is 1. The number of carbonyl (C=O) groups excluding carboxylic acids is 1. The molecule has 38 heavy (non-hydrogen) atoms. The number of allylic oxidation sites excluding steroid dienone is 5. The Kier molecular flexibility index (Phi) is 5.91. The van der Waals surface area contributed by atoms with Crippen LogP contribution in [0.3, 0.4) is 0 Å². The zero-order chi connectivity index (χ0) is 28.3. The van der Waals surface area contributed by atoms with Crippen molar-refractivity contribution in [3.63, 3.8) is 0 Å². The van der Waals surface area contributed by atoms with E-state index < -0.39 is 11.4 Å². The number of fused-ring (bicyclic) bond motifs is 7. The van der Waals surface area contributed by atoms with Gasteiger partial charge in [-0.1, -0.05) is 72.3 Å². The van der Waals surface area contributed by atoms with Crippen molar-refractivity contribution < 1.29 is 19.4 Å². The van der Waals surface area contributed by atoms with E-state index in [0.717, 1.165) is 62.7 Å². The Hall–Kier alpha value is -1.84. The Labute approximate surface area is 230 Å². The lowest BCUT2D eigenvalue weighted by Gasteiger charge is -2.70. The van der Waals surface area contributed by atoms with Gasteiger partial charge in [0.25, 0.3) is 0 Å². The van der Waals surface area contributed by atoms with Crippen LogP contribution in [0.4, 0.5) is 0 Å². The summed E-state index contributed by atoms with van der Waals surface area (Å²) >= 11 is 0. The molecule has 210 valence electrons. The van der Waals surface area contributed by atoms with E-state index in [1.54, 1.807) is 0 Å². The average Bonchev–Trinajstić information content (AvgIpc) is 2.77. The molecular weight excluding hydrogens is 472 g/mol. The number of rotatable bonds is 2. The van der Waals surface area contributed by atoms with E-state index in [2.05, 4.69) is 61.5 Å². The Morgan fingerprint density at radius 3 is 2.24 bits per heavy atom. The first-order valence-electron chi connectivity index (χ1n) is 14.9. The normalized spacial score (nSPS) is 45.1. The molecule has 7 atom stereocenters. The largest absolute Gasteiger partial charge is 0.481 e. The van der Waals surface area contributed by atoms with E-state index in [0.29, 0.717) is 5.92 Å². The number of carboxylic acids is 1. The molecule has 5 rings (SSSR count). The Balaban J connectivity index is 1.65. The minimum absolute atomic E-state index is 0.0222. The SMILES string of the molecule is C=C1C=C2[C@@]3(C)CC(C)=C(OC(C)=O)C(C)(C)[C@@H]3CC[C@@]2(C)[C@]2(C)CC[C@@]3(C(=O)O)CCC(C)(C)CC3C12. The van der Waals surface area contributed by atoms with Crippen LogP contribution in [0.15, 0.2) is 35.1 Å². The highest BCUT2D eigenvalue weighted by molar-refractivity contribution is 5.76. The Bertz CT molecular complexity index is 1170. The van der Waals surface area contributed by atoms with Gasteiger partial charge < -0.3 is 9.84 Å². The Morgan fingerprint density at radius 1 is 1.00 bits per heavy atom. The molecule has 0 aliphatic heterocycles. The molecule has 5 aliphatic rings. The maximum Gasteiger partial charge on any atom is 0.309 e. The highest BCUT2D eigenvalue weighted by atomic mass is 16.5. The van der Waals surface area contributed by atoms with Gasteiger partial charge in [0.1, 0.15) is 5.76 Å². The van der Waals surface area contributed by atoms with Crippen LogP contribution in [-0.2, 0) is 14.3 Å². The molecule has 0 heterocycles. The van der Waals surface area contributed by atoms with Gasteiger partial charge in [-0.25, -0.2) is 0 Å². The van der Waals surface area contributed by atoms with Crippen LogP contribution in [0.2, 0.25) is 0 Å². The molecule has 2 unspecified atom stereocenters. The third kappa shape index (κ3) is 3.40. The Morgan fingerprint density at radius 2 is 1.63 bits per heavy atom. The van der Waals surface area contributed by atoms with E-state index in [1.807, 2.05) is 0 Å². The van der Waals surface area contributed by atoms with Crippen molar-refractivity contribution in [2.75, 3.05) is 0 Å². The minimum Gasteiger partial charge on any atom is -0.481 e. The molecule has 0 aromatic carbocycles. The molecule has 5 aliphatic carbocycles. The zero-order valence-electron chi connectivity index (χ0n) is 25.3. The van der Waals surface area contributed by atoms with Gasteiger partial charge in [-0.3, -0.25) is 9.59 Å². The molecular formula is C34H50O4. The summed E-state index contributed by atoms with van der Waals surface area (Å²) in [6, 6.07) is 0. The molecule has 0 radical (unpaired) electrons. The standard InChI is InChI=1S/C34H50O4/c1-20-17-25-31(8)18-21(2)27(38-22(3)35)30(6,7)24(31)11-12-32(25,9)33(10)14-16-34(28(36)37)15-13-29(4,5)19-23(34)26(20)33/h17,23-24,26H,1,11-16,18-19H2,2-10H3,(H,36,37)/t23?,24-,26?,31-,32+,33+,34-/m0/s1. The van der Waals surface area contributed by atoms with Gasteiger partial charge in [-0.2, -0.15) is 0 Å². The summed E-state index contributed by atoms with van der Waals surface area (Å²) in [5.41, 5.74) is 3.00. The smallest absolute Gasteiger partial charge is 0.309 e. The summed E-state index contributed by atoms with van der Waals surface area (Å²) < 4.78 is 5.86. The van der Waals surface area contributed by atoms with Crippen LogP contribution in [0.1, 0.15) is 114 Å². The number of carbonyl (C=O) groups is 2. The van der Waals surface area contributed by atoms with Crippen LogP contribution in [0.25, 0.3) is 0 Å². The molecule has 0 amide bonds. The summed E-state index contributed by atoms with van der Waals surface area (Å²) in [7, 11) is 0. The molecule has 0 aromatic heterocycles. The third-order valence-corrected chi connectivity index (χ3v) is 13.0. The summed E-state index contributed by atoms with van der Waals surface area (Å²) in [6.45, 7) is 25.0. The fraction of sp³-hybridized carbons (Fsp3) is 0.765. The van der Waals surface area contributed by atoms with Crippen molar-refractivity contribution in [3.05, 3.63) is 35.1 Å². The summed E-state index contributed by atoms with van der Waals surface area (Å²) in [6.07, 6.45) is 9.89. The van der Waals surface area contributed by atoms with Crippen LogP contribution < -0.4 is 0 Å². The maximum atomic E-state index is 12.9. The van der Waals surface area contributed by atoms with Crippen LogP contribution in [-0.4, -0.2) is 17.0 Å². The molecule has 0 saturated heterocycles. The van der Waals surface area contributed by atoms with E-state index in [4.69, 9.17) is 11.3 Å². The van der Waals surface area contributed by atoms with Crippen molar-refractivity contribution in [2.24, 2.45) is 50.2 Å². The number of hydrogen-bond donors (Lipinski definition) is 1. The minimum atomic E-state index is -0.628.